The van der Waals surface area contributed by atoms with Gasteiger partial charge in [0.2, 0.25) is 6.10 Å². The first-order valence-electron chi connectivity index (χ1n) is 7.89. The van der Waals surface area contributed by atoms with Crippen LogP contribution < -0.4 is 5.32 Å². The van der Waals surface area contributed by atoms with Crippen LogP contribution in [0.4, 0.5) is 4.39 Å². The minimum absolute atomic E-state index is 0.125. The summed E-state index contributed by atoms with van der Waals surface area (Å²) in [6, 6.07) is 13.9. The lowest BCUT2D eigenvalue weighted by Gasteiger charge is -2.18. The molecule has 0 radical (unpaired) electrons. The topological polar surface area (TPSA) is 50.7 Å². The van der Waals surface area contributed by atoms with E-state index < -0.39 is 6.10 Å². The maximum Gasteiger partial charge on any atom is 0.264 e. The Bertz CT molecular complexity index is 788. The minimum atomic E-state index is -0.685. The standard InChI is InChI=1S/C19H19FN2O2/c1-12-6-3-4-9-16(12)13(2)21-19(23)18-11-17(22-24-18)14-7-5-8-15(20)10-14/h3-10,13,18H,11H2,1-2H3,(H,21,23)/t13-,18-/m0/s1. The van der Waals surface area contributed by atoms with E-state index in [2.05, 4.69) is 10.5 Å². The SMILES string of the molecule is Cc1ccccc1[C@H](C)NC(=O)[C@@H]1CC(c2cccc(F)c2)=NO1. The Hall–Kier alpha value is -2.69. The molecule has 5 heteroatoms. The van der Waals surface area contributed by atoms with Crippen molar-refractivity contribution in [2.45, 2.75) is 32.4 Å². The second kappa shape index (κ2) is 6.83. The molecule has 2 atom stereocenters. The van der Waals surface area contributed by atoms with Gasteiger partial charge in [0.15, 0.2) is 0 Å². The van der Waals surface area contributed by atoms with Crippen LogP contribution in [0.25, 0.3) is 0 Å². The highest BCUT2D eigenvalue weighted by Crippen LogP contribution is 2.20. The van der Waals surface area contributed by atoms with Crippen LogP contribution in [-0.4, -0.2) is 17.7 Å². The summed E-state index contributed by atoms with van der Waals surface area (Å²) in [5.41, 5.74) is 3.40. The largest absolute Gasteiger partial charge is 0.382 e. The highest BCUT2D eigenvalue weighted by Gasteiger charge is 2.30. The molecular weight excluding hydrogens is 307 g/mol. The highest BCUT2D eigenvalue weighted by atomic mass is 19.1. The van der Waals surface area contributed by atoms with Gasteiger partial charge in [-0.25, -0.2) is 4.39 Å². The molecule has 1 N–H and O–H groups in total. The monoisotopic (exact) mass is 326 g/mol. The van der Waals surface area contributed by atoms with Crippen molar-refractivity contribution < 1.29 is 14.0 Å². The van der Waals surface area contributed by atoms with Gasteiger partial charge in [-0.05, 0) is 37.1 Å². The quantitative estimate of drug-likeness (QED) is 0.935. The molecule has 0 bridgehead atoms. The van der Waals surface area contributed by atoms with Gasteiger partial charge in [0.05, 0.1) is 11.8 Å². The molecule has 3 rings (SSSR count). The lowest BCUT2D eigenvalue weighted by Crippen LogP contribution is -2.36. The summed E-state index contributed by atoms with van der Waals surface area (Å²) in [5, 5.41) is 6.89. The predicted molar refractivity (Wildman–Crippen MR) is 90.2 cm³/mol. The molecule has 1 aliphatic heterocycles. The molecule has 4 nitrogen and oxygen atoms in total. The smallest absolute Gasteiger partial charge is 0.264 e. The van der Waals surface area contributed by atoms with Crippen molar-refractivity contribution in [3.05, 3.63) is 71.0 Å². The number of nitrogens with one attached hydrogen (secondary N) is 1. The number of aryl methyl sites for hydroxylation is 1. The van der Waals surface area contributed by atoms with E-state index >= 15 is 0 Å². The van der Waals surface area contributed by atoms with E-state index in [1.165, 1.54) is 12.1 Å². The molecule has 0 aromatic heterocycles. The van der Waals surface area contributed by atoms with E-state index in [0.29, 0.717) is 17.7 Å². The third kappa shape index (κ3) is 3.45. The Morgan fingerprint density at radius 1 is 1.29 bits per heavy atom. The zero-order valence-electron chi connectivity index (χ0n) is 13.6. The summed E-state index contributed by atoms with van der Waals surface area (Å²) in [6.07, 6.45) is -0.356. The van der Waals surface area contributed by atoms with E-state index in [-0.39, 0.29) is 17.8 Å². The second-order valence-electron chi connectivity index (χ2n) is 5.93. The van der Waals surface area contributed by atoms with Crippen LogP contribution in [0.2, 0.25) is 0 Å². The van der Waals surface area contributed by atoms with Gasteiger partial charge in [0, 0.05) is 12.0 Å². The molecular formula is C19H19FN2O2. The molecule has 1 heterocycles. The van der Waals surface area contributed by atoms with Gasteiger partial charge >= 0.3 is 0 Å². The van der Waals surface area contributed by atoms with E-state index in [1.54, 1.807) is 12.1 Å². The fraction of sp³-hybridized carbons (Fsp3) is 0.263. The Balaban J connectivity index is 1.63. The van der Waals surface area contributed by atoms with E-state index in [4.69, 9.17) is 4.84 Å². The first kappa shape index (κ1) is 16.2. The van der Waals surface area contributed by atoms with Crippen molar-refractivity contribution >= 4 is 11.6 Å². The predicted octanol–water partition coefficient (Wildman–Crippen LogP) is 3.50. The molecule has 2 aromatic rings. The van der Waals surface area contributed by atoms with Gasteiger partial charge in [0.1, 0.15) is 5.82 Å². The van der Waals surface area contributed by atoms with E-state index in [1.807, 2.05) is 38.1 Å². The molecule has 0 aliphatic carbocycles. The summed E-state index contributed by atoms with van der Waals surface area (Å²) in [6.45, 7) is 3.94. The number of amides is 1. The lowest BCUT2D eigenvalue weighted by atomic mass is 10.0. The molecule has 0 spiro atoms. The molecule has 2 aromatic carbocycles. The molecule has 1 aliphatic rings. The summed E-state index contributed by atoms with van der Waals surface area (Å²) >= 11 is 0. The van der Waals surface area contributed by atoms with Crippen LogP contribution in [0.3, 0.4) is 0 Å². The van der Waals surface area contributed by atoms with Crippen molar-refractivity contribution in [2.75, 3.05) is 0 Å². The van der Waals surface area contributed by atoms with Crippen LogP contribution in [0.15, 0.2) is 53.7 Å². The van der Waals surface area contributed by atoms with Gasteiger partial charge in [0.25, 0.3) is 5.91 Å². The van der Waals surface area contributed by atoms with Crippen molar-refractivity contribution in [2.24, 2.45) is 5.16 Å². The molecule has 0 saturated carbocycles. The molecule has 124 valence electrons. The lowest BCUT2D eigenvalue weighted by molar-refractivity contribution is -0.131. The van der Waals surface area contributed by atoms with E-state index in [0.717, 1.165) is 11.1 Å². The van der Waals surface area contributed by atoms with Crippen LogP contribution in [-0.2, 0) is 9.63 Å². The normalized spacial score (nSPS) is 17.8. The maximum absolute atomic E-state index is 13.3. The number of carbonyl (C=O) groups excluding carboxylic acids is 1. The van der Waals surface area contributed by atoms with Crippen LogP contribution in [0.5, 0.6) is 0 Å². The third-order valence-corrected chi connectivity index (χ3v) is 4.13. The fourth-order valence-corrected chi connectivity index (χ4v) is 2.81. The van der Waals surface area contributed by atoms with Crippen molar-refractivity contribution in [3.8, 4) is 0 Å². The van der Waals surface area contributed by atoms with Gasteiger partial charge in [-0.3, -0.25) is 4.79 Å². The maximum atomic E-state index is 13.3. The number of oxime groups is 1. The summed E-state index contributed by atoms with van der Waals surface area (Å²) in [4.78, 5) is 17.6. The first-order chi connectivity index (χ1) is 11.5. The number of hydrogen-bond acceptors (Lipinski definition) is 3. The fourth-order valence-electron chi connectivity index (χ4n) is 2.81. The number of hydrogen-bond donors (Lipinski definition) is 1. The van der Waals surface area contributed by atoms with Crippen molar-refractivity contribution in [1.82, 2.24) is 5.32 Å². The van der Waals surface area contributed by atoms with Gasteiger partial charge in [-0.1, -0.05) is 41.6 Å². The number of rotatable bonds is 4. The second-order valence-corrected chi connectivity index (χ2v) is 5.93. The Kier molecular flexibility index (Phi) is 4.60. The number of nitrogens with zero attached hydrogens (tertiary/aromatic N) is 1. The van der Waals surface area contributed by atoms with Gasteiger partial charge in [-0.2, -0.15) is 0 Å². The molecule has 1 amide bonds. The number of halogens is 1. The zero-order chi connectivity index (χ0) is 17.1. The molecule has 0 saturated heterocycles. The third-order valence-electron chi connectivity index (χ3n) is 4.13. The molecule has 0 unspecified atom stereocenters. The Morgan fingerprint density at radius 2 is 2.08 bits per heavy atom. The van der Waals surface area contributed by atoms with Gasteiger partial charge in [-0.15, -0.1) is 0 Å². The molecule has 0 fully saturated rings. The van der Waals surface area contributed by atoms with Crippen molar-refractivity contribution in [1.29, 1.82) is 0 Å². The average molecular weight is 326 g/mol. The summed E-state index contributed by atoms with van der Waals surface area (Å²) in [7, 11) is 0. The summed E-state index contributed by atoms with van der Waals surface area (Å²) < 4.78 is 13.3. The van der Waals surface area contributed by atoms with Crippen molar-refractivity contribution in [3.63, 3.8) is 0 Å². The van der Waals surface area contributed by atoms with Crippen LogP contribution >= 0.6 is 0 Å². The zero-order valence-corrected chi connectivity index (χ0v) is 13.6. The number of benzene rings is 2. The van der Waals surface area contributed by atoms with Crippen LogP contribution in [0, 0.1) is 12.7 Å². The van der Waals surface area contributed by atoms with Gasteiger partial charge < -0.3 is 10.2 Å². The minimum Gasteiger partial charge on any atom is -0.382 e. The Labute approximate surface area is 140 Å². The summed E-state index contributed by atoms with van der Waals surface area (Å²) in [5.74, 6) is -0.558. The van der Waals surface area contributed by atoms with E-state index in [9.17, 15) is 9.18 Å². The van der Waals surface area contributed by atoms with Crippen LogP contribution in [0.1, 0.15) is 36.1 Å². The first-order valence-corrected chi connectivity index (χ1v) is 7.89. The molecule has 24 heavy (non-hydrogen) atoms. The number of carbonyl (C=O) groups is 1. The average Bonchev–Trinajstić information content (AvgIpc) is 3.05. The highest BCUT2D eigenvalue weighted by molar-refractivity contribution is 6.04. The Morgan fingerprint density at radius 3 is 2.83 bits per heavy atom.